The molecule has 0 spiro atoms. The van der Waals surface area contributed by atoms with Crippen LogP contribution in [0.5, 0.6) is 0 Å². The van der Waals surface area contributed by atoms with E-state index < -0.39 is 0 Å². The molecule has 0 N–H and O–H groups in total. The second-order valence-electron chi connectivity index (χ2n) is 3.29. The summed E-state index contributed by atoms with van der Waals surface area (Å²) in [4.78, 5) is 1.34. The molecule has 2 heteroatoms. The highest BCUT2D eigenvalue weighted by Gasteiger charge is 2.12. The first-order valence-electron chi connectivity index (χ1n) is 4.53. The molecule has 1 aliphatic rings. The van der Waals surface area contributed by atoms with E-state index in [1.54, 1.807) is 0 Å². The Morgan fingerprint density at radius 1 is 1.21 bits per heavy atom. The van der Waals surface area contributed by atoms with Crippen molar-refractivity contribution in [2.24, 2.45) is 0 Å². The van der Waals surface area contributed by atoms with E-state index in [1.165, 1.54) is 14.0 Å². The van der Waals surface area contributed by atoms with Gasteiger partial charge >= 0.3 is 0 Å². The minimum Gasteiger partial charge on any atom is -0.113 e. The first-order chi connectivity index (χ1) is 6.75. The van der Waals surface area contributed by atoms with Crippen LogP contribution in [0.15, 0.2) is 51.0 Å². The highest BCUT2D eigenvalue weighted by atomic mass is 127. The lowest BCUT2D eigenvalue weighted by Gasteiger charge is -2.08. The Labute approximate surface area is 103 Å². The molecule has 1 aliphatic carbocycles. The Hall–Kier alpha value is -0.220. The van der Waals surface area contributed by atoms with E-state index in [-0.39, 0.29) is 0 Å². The summed E-state index contributed by atoms with van der Waals surface area (Å²) < 4.78 is 1.41. The van der Waals surface area contributed by atoms with Gasteiger partial charge in [-0.15, -0.1) is 11.8 Å². The minimum absolute atomic E-state index is 0.526. The third-order valence-electron chi connectivity index (χ3n) is 2.10. The Balaban J connectivity index is 2.08. The largest absolute Gasteiger partial charge is 0.113 e. The van der Waals surface area contributed by atoms with Crippen LogP contribution in [-0.2, 0) is 0 Å². The highest BCUT2D eigenvalue weighted by Crippen LogP contribution is 2.34. The van der Waals surface area contributed by atoms with Crippen molar-refractivity contribution in [1.82, 2.24) is 0 Å². The number of thioether (sulfide) groups is 1. The van der Waals surface area contributed by atoms with Gasteiger partial charge in [-0.3, -0.25) is 0 Å². The second-order valence-corrected chi connectivity index (χ2v) is 5.75. The summed E-state index contributed by atoms with van der Waals surface area (Å²) in [6, 6.07) is 8.71. The number of rotatable bonds is 2. The molecule has 0 amide bonds. The molecule has 2 rings (SSSR count). The van der Waals surface area contributed by atoms with E-state index in [9.17, 15) is 0 Å². The summed E-state index contributed by atoms with van der Waals surface area (Å²) in [7, 11) is 0. The summed E-state index contributed by atoms with van der Waals surface area (Å²) in [5.74, 6) is 0. The Morgan fingerprint density at radius 3 is 2.50 bits per heavy atom. The van der Waals surface area contributed by atoms with E-state index in [0.29, 0.717) is 5.25 Å². The molecule has 0 saturated carbocycles. The summed E-state index contributed by atoms with van der Waals surface area (Å²) >= 11 is 4.31. The lowest BCUT2D eigenvalue weighted by molar-refractivity contribution is 1.35. The number of hydrogen-bond donors (Lipinski definition) is 0. The maximum Gasteiger partial charge on any atom is 0.0585 e. The van der Waals surface area contributed by atoms with Crippen LogP contribution in [0.3, 0.4) is 0 Å². The normalized spacial score (nSPS) is 19.9. The summed E-state index contributed by atoms with van der Waals surface area (Å²) in [6.07, 6.45) is 6.55. The second kappa shape index (κ2) is 4.53. The lowest BCUT2D eigenvalue weighted by atomic mass is 10.2. The van der Waals surface area contributed by atoms with Gasteiger partial charge in [-0.25, -0.2) is 0 Å². The summed E-state index contributed by atoms with van der Waals surface area (Å²) in [6.45, 7) is 2.12. The van der Waals surface area contributed by atoms with E-state index in [0.717, 1.165) is 0 Å². The number of aryl methyl sites for hydroxylation is 1. The van der Waals surface area contributed by atoms with Crippen LogP contribution in [0.4, 0.5) is 0 Å². The first kappa shape index (κ1) is 10.3. The smallest absolute Gasteiger partial charge is 0.0585 e. The van der Waals surface area contributed by atoms with Gasteiger partial charge in [-0.2, -0.15) is 0 Å². The van der Waals surface area contributed by atoms with Gasteiger partial charge in [-0.05, 0) is 41.6 Å². The molecule has 0 aromatic heterocycles. The fraction of sp³-hybridized carbons (Fsp3) is 0.167. The molecule has 1 atom stereocenters. The molecular weight excluding hydrogens is 303 g/mol. The summed E-state index contributed by atoms with van der Waals surface area (Å²) in [5.41, 5.74) is 1.32. The van der Waals surface area contributed by atoms with Crippen LogP contribution < -0.4 is 0 Å². The molecule has 0 bridgehead atoms. The fourth-order valence-electron chi connectivity index (χ4n) is 1.29. The highest BCUT2D eigenvalue weighted by molar-refractivity contribution is 14.1. The first-order valence-corrected chi connectivity index (χ1v) is 6.49. The SMILES string of the molecule is Cc1ccc(S[C@H]2C=CC=C2I)cc1. The third-order valence-corrected chi connectivity index (χ3v) is 4.76. The van der Waals surface area contributed by atoms with Crippen molar-refractivity contribution in [2.75, 3.05) is 0 Å². The Kier molecular flexibility index (Phi) is 3.34. The van der Waals surface area contributed by atoms with E-state index in [1.807, 2.05) is 11.8 Å². The zero-order valence-electron chi connectivity index (χ0n) is 7.91. The molecular formula is C12H11IS. The van der Waals surface area contributed by atoms with Gasteiger partial charge in [0.1, 0.15) is 0 Å². The van der Waals surface area contributed by atoms with Gasteiger partial charge in [0.2, 0.25) is 0 Å². The predicted octanol–water partition coefficient (Wildman–Crippen LogP) is 4.34. The predicted molar refractivity (Wildman–Crippen MR) is 72.1 cm³/mol. The lowest BCUT2D eigenvalue weighted by Crippen LogP contribution is -1.93. The average molecular weight is 314 g/mol. The van der Waals surface area contributed by atoms with Crippen LogP contribution in [-0.4, -0.2) is 5.25 Å². The standard InChI is InChI=1S/C12H11IS/c1-9-5-7-10(8-6-9)14-12-4-2-3-11(12)13/h2-8,12H,1H3/t12-/m0/s1. The Morgan fingerprint density at radius 2 is 1.93 bits per heavy atom. The van der Waals surface area contributed by atoms with Crippen molar-refractivity contribution in [3.63, 3.8) is 0 Å². The molecule has 0 saturated heterocycles. The number of benzene rings is 1. The molecule has 14 heavy (non-hydrogen) atoms. The van der Waals surface area contributed by atoms with Crippen LogP contribution in [0, 0.1) is 6.92 Å². The molecule has 0 fully saturated rings. The average Bonchev–Trinajstić information content (AvgIpc) is 2.56. The van der Waals surface area contributed by atoms with Gasteiger partial charge in [-0.1, -0.05) is 35.9 Å². The van der Waals surface area contributed by atoms with Crippen LogP contribution in [0.25, 0.3) is 0 Å². The van der Waals surface area contributed by atoms with Crippen molar-refractivity contribution in [3.05, 3.63) is 51.6 Å². The molecule has 1 aromatic carbocycles. The van der Waals surface area contributed by atoms with Crippen molar-refractivity contribution >= 4 is 34.4 Å². The van der Waals surface area contributed by atoms with Gasteiger partial charge < -0.3 is 0 Å². The molecule has 0 unspecified atom stereocenters. The van der Waals surface area contributed by atoms with E-state index >= 15 is 0 Å². The zero-order valence-corrected chi connectivity index (χ0v) is 10.9. The number of hydrogen-bond acceptors (Lipinski definition) is 1. The van der Waals surface area contributed by atoms with Crippen molar-refractivity contribution in [3.8, 4) is 0 Å². The van der Waals surface area contributed by atoms with E-state index in [4.69, 9.17) is 0 Å². The monoisotopic (exact) mass is 314 g/mol. The fourth-order valence-corrected chi connectivity index (χ4v) is 3.04. The molecule has 1 aromatic rings. The van der Waals surface area contributed by atoms with Crippen molar-refractivity contribution in [2.45, 2.75) is 17.1 Å². The zero-order chi connectivity index (χ0) is 9.97. The van der Waals surface area contributed by atoms with Gasteiger partial charge in [0.25, 0.3) is 0 Å². The Bertz CT molecular complexity index is 376. The minimum atomic E-state index is 0.526. The molecule has 0 heterocycles. The van der Waals surface area contributed by atoms with Crippen molar-refractivity contribution in [1.29, 1.82) is 0 Å². The van der Waals surface area contributed by atoms with Crippen LogP contribution in [0.2, 0.25) is 0 Å². The maximum absolute atomic E-state index is 2.41. The summed E-state index contributed by atoms with van der Waals surface area (Å²) in [5, 5.41) is 0.526. The molecule has 0 aliphatic heterocycles. The third kappa shape index (κ3) is 2.42. The number of allylic oxidation sites excluding steroid dienone is 2. The van der Waals surface area contributed by atoms with Gasteiger partial charge in [0.15, 0.2) is 0 Å². The number of halogens is 1. The van der Waals surface area contributed by atoms with Crippen molar-refractivity contribution < 1.29 is 0 Å². The van der Waals surface area contributed by atoms with Crippen LogP contribution in [0.1, 0.15) is 5.56 Å². The molecule has 0 nitrogen and oxygen atoms in total. The van der Waals surface area contributed by atoms with E-state index in [2.05, 4.69) is 72.0 Å². The molecule has 0 radical (unpaired) electrons. The maximum atomic E-state index is 2.41. The van der Waals surface area contributed by atoms with Crippen LogP contribution >= 0.6 is 34.4 Å². The van der Waals surface area contributed by atoms with Gasteiger partial charge in [0, 0.05) is 8.48 Å². The molecule has 72 valence electrons. The van der Waals surface area contributed by atoms with Gasteiger partial charge in [0.05, 0.1) is 5.25 Å². The topological polar surface area (TPSA) is 0 Å². The quantitative estimate of drug-likeness (QED) is 0.732.